The number of nitrogens with one attached hydrogen (secondary N) is 2. The zero-order chi connectivity index (χ0) is 33.5. The average Bonchev–Trinajstić information content (AvgIpc) is 3.45. The first-order valence-electron chi connectivity index (χ1n) is 15.0. The lowest BCUT2D eigenvalue weighted by Gasteiger charge is -2.37. The van der Waals surface area contributed by atoms with Crippen molar-refractivity contribution >= 4 is 45.0 Å². The molecule has 0 unspecified atom stereocenters. The van der Waals surface area contributed by atoms with E-state index in [1.165, 1.54) is 0 Å². The number of primary amides is 1. The van der Waals surface area contributed by atoms with Crippen LogP contribution in [0.2, 0.25) is 0 Å². The molecule has 0 spiro atoms. The van der Waals surface area contributed by atoms with Crippen LogP contribution in [0.5, 0.6) is 0 Å². The molecule has 47 heavy (non-hydrogen) atoms. The molecule has 2 amide bonds. The number of sulfonamides is 1. The molecule has 2 saturated heterocycles. The number of carbonyl (C=O) groups is 3. The average molecular weight is 674 g/mol. The van der Waals surface area contributed by atoms with Crippen LogP contribution >= 0.6 is 0 Å². The minimum absolute atomic E-state index is 0.000197. The van der Waals surface area contributed by atoms with E-state index >= 15 is 0 Å². The third-order valence-electron chi connectivity index (χ3n) is 8.77. The van der Waals surface area contributed by atoms with Gasteiger partial charge < -0.3 is 30.7 Å². The monoisotopic (exact) mass is 673 g/mol. The van der Waals surface area contributed by atoms with Gasteiger partial charge in [0.15, 0.2) is 5.82 Å². The van der Waals surface area contributed by atoms with Crippen LogP contribution < -0.4 is 20.9 Å². The molecule has 3 aliphatic heterocycles. The molecule has 2 aromatic carbocycles. The van der Waals surface area contributed by atoms with Crippen LogP contribution in [0, 0.1) is 17.6 Å². The highest BCUT2D eigenvalue weighted by molar-refractivity contribution is 7.89. The molecule has 250 valence electrons. The Bertz CT molecular complexity index is 1820. The van der Waals surface area contributed by atoms with E-state index in [-0.39, 0.29) is 36.5 Å². The fraction of sp³-hybridized carbons (Fsp3) is 0.400. The number of rotatable bonds is 8. The molecular formula is C30H33F2N7O7S. The number of morpholine rings is 1. The summed E-state index contributed by atoms with van der Waals surface area (Å²) in [6.45, 7) is 2.56. The van der Waals surface area contributed by atoms with Gasteiger partial charge in [0.2, 0.25) is 15.9 Å². The zero-order valence-corrected chi connectivity index (χ0v) is 26.0. The summed E-state index contributed by atoms with van der Waals surface area (Å²) in [5.41, 5.74) is 7.90. The molecule has 5 N–H and O–H groups in total. The van der Waals surface area contributed by atoms with Gasteiger partial charge in [-0.05, 0) is 37.1 Å². The summed E-state index contributed by atoms with van der Waals surface area (Å²) in [6, 6.07) is 5.18. The summed E-state index contributed by atoms with van der Waals surface area (Å²) >= 11 is 0. The number of carboxylic acid groups (broad SMARTS) is 1. The molecule has 14 nitrogen and oxygen atoms in total. The van der Waals surface area contributed by atoms with E-state index in [0.717, 1.165) is 16.4 Å². The number of amides is 2. The third-order valence-corrected chi connectivity index (χ3v) is 10.6. The number of aliphatic carboxylic acids is 1. The van der Waals surface area contributed by atoms with Gasteiger partial charge in [-0.25, -0.2) is 17.2 Å². The van der Waals surface area contributed by atoms with Gasteiger partial charge in [0.1, 0.15) is 11.6 Å². The summed E-state index contributed by atoms with van der Waals surface area (Å²) in [5.74, 6) is -4.97. The lowest BCUT2D eigenvalue weighted by molar-refractivity contribution is -0.142. The van der Waals surface area contributed by atoms with Gasteiger partial charge in [0.05, 0.1) is 46.5 Å². The van der Waals surface area contributed by atoms with E-state index in [2.05, 4.69) is 15.5 Å². The Balaban J connectivity index is 1.31. The number of hydrogen-bond acceptors (Lipinski definition) is 9. The fourth-order valence-electron chi connectivity index (χ4n) is 6.23. The Hall–Kier alpha value is -4.61. The molecule has 4 heterocycles. The summed E-state index contributed by atoms with van der Waals surface area (Å²) in [5, 5.41) is 19.2. The molecule has 0 saturated carbocycles. The summed E-state index contributed by atoms with van der Waals surface area (Å²) in [4.78, 5) is 41.6. The minimum atomic E-state index is -4.30. The van der Waals surface area contributed by atoms with Crippen LogP contribution in [0.1, 0.15) is 44.8 Å². The number of carbonyl (C=O) groups excluding carboxylic acids is 2. The van der Waals surface area contributed by atoms with Crippen molar-refractivity contribution in [2.24, 2.45) is 11.7 Å². The highest BCUT2D eigenvalue weighted by atomic mass is 32.2. The van der Waals surface area contributed by atoms with Crippen molar-refractivity contribution in [3.05, 3.63) is 64.4 Å². The maximum Gasteiger partial charge on any atom is 0.306 e. The lowest BCUT2D eigenvalue weighted by atomic mass is 9.95. The van der Waals surface area contributed by atoms with Gasteiger partial charge in [0.25, 0.3) is 5.91 Å². The smallest absolute Gasteiger partial charge is 0.306 e. The molecule has 0 atom stereocenters. The van der Waals surface area contributed by atoms with Crippen molar-refractivity contribution in [3.63, 3.8) is 0 Å². The molecule has 6 rings (SSSR count). The van der Waals surface area contributed by atoms with Crippen molar-refractivity contribution in [1.29, 1.82) is 0 Å². The Kier molecular flexibility index (Phi) is 8.86. The number of nitrogens with zero attached hydrogens (tertiary/aromatic N) is 4. The predicted octanol–water partition coefficient (Wildman–Crippen LogP) is 1.92. The number of piperidine rings is 1. The van der Waals surface area contributed by atoms with Crippen LogP contribution in [-0.2, 0) is 32.5 Å². The van der Waals surface area contributed by atoms with Gasteiger partial charge in [-0.3, -0.25) is 19.5 Å². The third kappa shape index (κ3) is 6.50. The van der Waals surface area contributed by atoms with Crippen molar-refractivity contribution in [2.45, 2.75) is 30.7 Å². The SMILES string of the molecule is NC(=O)c1cc(N2CCOCC2)c(N2CCC(C(=O)O)CC2)cc1C(=O)Nc1n[nH]c2c1CN(S(=O)(=O)c1cc(F)cc(F)c1)CC2. The summed E-state index contributed by atoms with van der Waals surface area (Å²) in [6.07, 6.45) is 0.989. The zero-order valence-electron chi connectivity index (χ0n) is 25.2. The highest BCUT2D eigenvalue weighted by Crippen LogP contribution is 2.37. The van der Waals surface area contributed by atoms with Gasteiger partial charge >= 0.3 is 5.97 Å². The number of aromatic amines is 1. The number of anilines is 3. The van der Waals surface area contributed by atoms with E-state index in [4.69, 9.17) is 10.5 Å². The molecule has 1 aromatic heterocycles. The van der Waals surface area contributed by atoms with E-state index in [9.17, 15) is 36.7 Å². The largest absolute Gasteiger partial charge is 0.481 e. The molecule has 0 bridgehead atoms. The fourth-order valence-corrected chi connectivity index (χ4v) is 7.68. The van der Waals surface area contributed by atoms with Gasteiger partial charge in [-0.15, -0.1) is 0 Å². The Morgan fingerprint density at radius 2 is 1.55 bits per heavy atom. The first-order chi connectivity index (χ1) is 22.4. The van der Waals surface area contributed by atoms with Crippen molar-refractivity contribution in [2.75, 3.05) is 61.1 Å². The van der Waals surface area contributed by atoms with Gasteiger partial charge in [0, 0.05) is 63.0 Å². The first-order valence-corrected chi connectivity index (χ1v) is 16.5. The maximum absolute atomic E-state index is 13.8. The second kappa shape index (κ2) is 12.9. The van der Waals surface area contributed by atoms with E-state index in [0.29, 0.717) is 80.9 Å². The number of nitrogens with two attached hydrogens (primary N) is 1. The standard InChI is InChI=1S/C30H33F2N7O7S/c31-18-11-19(32)13-20(12-18)47(44,45)39-6-3-24-23(16-39)28(36-35-24)34-29(41)22-15-26(37-4-1-17(2-5-37)30(42)43)25(14-21(22)27(33)40)38-7-9-46-10-8-38/h11-15,17H,1-10,16H2,(H2,33,40)(H,42,43)(H2,34,35,36,41). The van der Waals surface area contributed by atoms with Crippen LogP contribution in [0.4, 0.5) is 26.0 Å². The Morgan fingerprint density at radius 1 is 0.936 bits per heavy atom. The number of aromatic nitrogens is 2. The normalized spacial score (nSPS) is 17.7. The Labute approximate surface area is 268 Å². The molecule has 0 radical (unpaired) electrons. The van der Waals surface area contributed by atoms with E-state index < -0.39 is 50.3 Å². The maximum atomic E-state index is 13.8. The van der Waals surface area contributed by atoms with E-state index in [1.807, 2.05) is 9.80 Å². The second-order valence-electron chi connectivity index (χ2n) is 11.6. The second-order valence-corrected chi connectivity index (χ2v) is 13.6. The summed E-state index contributed by atoms with van der Waals surface area (Å²) < 4.78 is 60.8. The molecule has 2 fully saturated rings. The molecule has 17 heteroatoms. The molecule has 3 aliphatic rings. The molecule has 0 aliphatic carbocycles. The van der Waals surface area contributed by atoms with Crippen LogP contribution in [0.15, 0.2) is 35.2 Å². The highest BCUT2D eigenvalue weighted by Gasteiger charge is 2.34. The topological polar surface area (TPSA) is 191 Å². The number of ether oxygens (including phenoxy) is 1. The van der Waals surface area contributed by atoms with Gasteiger partial charge in [-0.2, -0.15) is 9.40 Å². The van der Waals surface area contributed by atoms with Crippen molar-refractivity contribution in [3.8, 4) is 0 Å². The Morgan fingerprint density at radius 3 is 2.17 bits per heavy atom. The summed E-state index contributed by atoms with van der Waals surface area (Å²) in [7, 11) is -4.30. The number of carboxylic acids is 1. The van der Waals surface area contributed by atoms with E-state index in [1.54, 1.807) is 12.1 Å². The van der Waals surface area contributed by atoms with Crippen molar-refractivity contribution in [1.82, 2.24) is 14.5 Å². The van der Waals surface area contributed by atoms with Crippen LogP contribution in [0.25, 0.3) is 0 Å². The molecular weight excluding hydrogens is 640 g/mol. The van der Waals surface area contributed by atoms with Gasteiger partial charge in [-0.1, -0.05) is 0 Å². The lowest BCUT2D eigenvalue weighted by Crippen LogP contribution is -2.40. The van der Waals surface area contributed by atoms with Crippen LogP contribution in [0.3, 0.4) is 0 Å². The number of halogens is 2. The first kappa shape index (κ1) is 32.3. The minimum Gasteiger partial charge on any atom is -0.481 e. The van der Waals surface area contributed by atoms with Crippen LogP contribution in [-0.4, -0.2) is 91.7 Å². The number of H-pyrrole nitrogens is 1. The number of fused-ring (bicyclic) bond motifs is 1. The molecule has 3 aromatic rings. The number of benzene rings is 2. The van der Waals surface area contributed by atoms with Crippen molar-refractivity contribution < 1.29 is 41.4 Å². The number of hydrogen-bond donors (Lipinski definition) is 4. The predicted molar refractivity (Wildman–Crippen MR) is 165 cm³/mol. The quantitative estimate of drug-likeness (QED) is 0.275.